The van der Waals surface area contributed by atoms with Crippen molar-refractivity contribution in [2.45, 2.75) is 45.7 Å². The minimum Gasteiger partial charge on any atom is -0.388 e. The first-order chi connectivity index (χ1) is 6.11. The minimum atomic E-state index is -0.497. The molecule has 0 amide bonds. The summed E-state index contributed by atoms with van der Waals surface area (Å²) in [5.41, 5.74) is 0. The van der Waals surface area contributed by atoms with Crippen LogP contribution in [0, 0.1) is 11.8 Å². The SMILES string of the molecule is CCC1O[C@@H](OC)C(O)C(C)[C@@H]1C. The Hall–Kier alpha value is -0.120. The summed E-state index contributed by atoms with van der Waals surface area (Å²) < 4.78 is 10.7. The molecule has 1 fully saturated rings. The zero-order valence-corrected chi connectivity index (χ0v) is 8.86. The Kier molecular flexibility index (Phi) is 3.71. The minimum absolute atomic E-state index is 0.211. The topological polar surface area (TPSA) is 38.7 Å². The van der Waals surface area contributed by atoms with E-state index in [1.54, 1.807) is 7.11 Å². The average molecular weight is 188 g/mol. The van der Waals surface area contributed by atoms with Crippen molar-refractivity contribution in [1.29, 1.82) is 0 Å². The molecule has 1 saturated heterocycles. The predicted octanol–water partition coefficient (Wildman–Crippen LogP) is 1.40. The second-order valence-corrected chi connectivity index (χ2v) is 3.90. The van der Waals surface area contributed by atoms with Gasteiger partial charge < -0.3 is 14.6 Å². The van der Waals surface area contributed by atoms with E-state index in [1.165, 1.54) is 0 Å². The molecule has 13 heavy (non-hydrogen) atoms. The molecule has 0 bridgehead atoms. The maximum absolute atomic E-state index is 9.77. The Morgan fingerprint density at radius 2 is 1.92 bits per heavy atom. The zero-order chi connectivity index (χ0) is 10.0. The van der Waals surface area contributed by atoms with E-state index in [4.69, 9.17) is 9.47 Å². The van der Waals surface area contributed by atoms with E-state index in [1.807, 2.05) is 6.92 Å². The van der Waals surface area contributed by atoms with Crippen molar-refractivity contribution in [3.63, 3.8) is 0 Å². The lowest BCUT2D eigenvalue weighted by molar-refractivity contribution is -0.261. The molecule has 3 heteroatoms. The third-order valence-electron chi connectivity index (χ3n) is 3.18. The van der Waals surface area contributed by atoms with Crippen LogP contribution in [-0.4, -0.2) is 30.7 Å². The number of hydrogen-bond donors (Lipinski definition) is 1. The highest BCUT2D eigenvalue weighted by Gasteiger charge is 2.39. The van der Waals surface area contributed by atoms with Crippen molar-refractivity contribution < 1.29 is 14.6 Å². The summed E-state index contributed by atoms with van der Waals surface area (Å²) in [6.07, 6.45) is 0.236. The van der Waals surface area contributed by atoms with Crippen molar-refractivity contribution in [1.82, 2.24) is 0 Å². The van der Waals surface area contributed by atoms with Crippen LogP contribution in [0.15, 0.2) is 0 Å². The molecule has 0 aromatic carbocycles. The molecular weight excluding hydrogens is 168 g/mol. The molecule has 3 nitrogen and oxygen atoms in total. The van der Waals surface area contributed by atoms with E-state index < -0.39 is 12.4 Å². The molecule has 1 aliphatic rings. The van der Waals surface area contributed by atoms with Gasteiger partial charge in [0.2, 0.25) is 0 Å². The summed E-state index contributed by atoms with van der Waals surface area (Å²) >= 11 is 0. The molecule has 0 aliphatic carbocycles. The third kappa shape index (κ3) is 2.03. The summed E-state index contributed by atoms with van der Waals surface area (Å²) in [5.74, 6) is 0.634. The Balaban J connectivity index is 2.66. The van der Waals surface area contributed by atoms with Crippen LogP contribution in [0.25, 0.3) is 0 Å². The molecule has 1 N–H and O–H groups in total. The number of methoxy groups -OCH3 is 1. The van der Waals surface area contributed by atoms with Crippen molar-refractivity contribution >= 4 is 0 Å². The van der Waals surface area contributed by atoms with E-state index in [-0.39, 0.29) is 12.0 Å². The van der Waals surface area contributed by atoms with Gasteiger partial charge in [0, 0.05) is 7.11 Å². The molecular formula is C10H20O3. The van der Waals surface area contributed by atoms with Gasteiger partial charge in [0.25, 0.3) is 0 Å². The van der Waals surface area contributed by atoms with Gasteiger partial charge in [-0.25, -0.2) is 0 Å². The summed E-state index contributed by atoms with van der Waals surface area (Å²) in [7, 11) is 1.57. The first-order valence-corrected chi connectivity index (χ1v) is 4.98. The third-order valence-corrected chi connectivity index (χ3v) is 3.18. The highest BCUT2D eigenvalue weighted by Crippen LogP contribution is 2.32. The van der Waals surface area contributed by atoms with Gasteiger partial charge in [0.15, 0.2) is 6.29 Å². The molecule has 5 atom stereocenters. The number of ether oxygens (including phenoxy) is 2. The maximum Gasteiger partial charge on any atom is 0.183 e. The van der Waals surface area contributed by atoms with Gasteiger partial charge in [0.1, 0.15) is 6.10 Å². The van der Waals surface area contributed by atoms with E-state index in [0.717, 1.165) is 6.42 Å². The lowest BCUT2D eigenvalue weighted by Gasteiger charge is -2.41. The predicted molar refractivity (Wildman–Crippen MR) is 50.3 cm³/mol. The van der Waals surface area contributed by atoms with Crippen LogP contribution < -0.4 is 0 Å². The fourth-order valence-electron chi connectivity index (χ4n) is 1.94. The highest BCUT2D eigenvalue weighted by molar-refractivity contribution is 4.83. The van der Waals surface area contributed by atoms with Gasteiger partial charge in [-0.2, -0.15) is 0 Å². The van der Waals surface area contributed by atoms with Crippen LogP contribution in [0.1, 0.15) is 27.2 Å². The van der Waals surface area contributed by atoms with Gasteiger partial charge in [0.05, 0.1) is 6.10 Å². The van der Waals surface area contributed by atoms with Gasteiger partial charge in [-0.05, 0) is 18.3 Å². The maximum atomic E-state index is 9.77. The fourth-order valence-corrected chi connectivity index (χ4v) is 1.94. The molecule has 0 radical (unpaired) electrons. The Bertz CT molecular complexity index is 140. The summed E-state index contributed by atoms with van der Waals surface area (Å²) in [6, 6.07) is 0. The van der Waals surface area contributed by atoms with Gasteiger partial charge in [-0.3, -0.25) is 0 Å². The normalized spacial score (nSPS) is 46.4. The van der Waals surface area contributed by atoms with Crippen LogP contribution >= 0.6 is 0 Å². The highest BCUT2D eigenvalue weighted by atomic mass is 16.7. The van der Waals surface area contributed by atoms with Crippen molar-refractivity contribution in [3.8, 4) is 0 Å². The van der Waals surface area contributed by atoms with E-state index in [0.29, 0.717) is 5.92 Å². The Labute approximate surface area is 80.0 Å². The summed E-state index contributed by atoms with van der Waals surface area (Å²) in [6.45, 7) is 6.26. The quantitative estimate of drug-likeness (QED) is 0.712. The molecule has 0 aromatic rings. The van der Waals surface area contributed by atoms with Crippen molar-refractivity contribution in [3.05, 3.63) is 0 Å². The molecule has 3 unspecified atom stereocenters. The lowest BCUT2D eigenvalue weighted by atomic mass is 9.83. The average Bonchev–Trinajstić information content (AvgIpc) is 2.15. The number of aliphatic hydroxyl groups is 1. The van der Waals surface area contributed by atoms with Crippen LogP contribution in [0.4, 0.5) is 0 Å². The fraction of sp³-hybridized carbons (Fsp3) is 1.00. The molecule has 0 aromatic heterocycles. The first-order valence-electron chi connectivity index (χ1n) is 4.98. The first kappa shape index (κ1) is 11.0. The molecule has 1 aliphatic heterocycles. The second-order valence-electron chi connectivity index (χ2n) is 3.90. The van der Waals surface area contributed by atoms with Crippen molar-refractivity contribution in [2.24, 2.45) is 11.8 Å². The van der Waals surface area contributed by atoms with Crippen LogP contribution in [0.5, 0.6) is 0 Å². The molecule has 1 heterocycles. The number of hydrogen-bond acceptors (Lipinski definition) is 3. The van der Waals surface area contributed by atoms with Crippen LogP contribution in [0.2, 0.25) is 0 Å². The number of aliphatic hydroxyl groups excluding tert-OH is 1. The zero-order valence-electron chi connectivity index (χ0n) is 8.86. The van der Waals surface area contributed by atoms with Gasteiger partial charge >= 0.3 is 0 Å². The van der Waals surface area contributed by atoms with Crippen molar-refractivity contribution in [2.75, 3.05) is 7.11 Å². The Morgan fingerprint density at radius 3 is 2.38 bits per heavy atom. The lowest BCUT2D eigenvalue weighted by Crippen LogP contribution is -2.49. The standard InChI is InChI=1S/C10H20O3/c1-5-8-6(2)7(3)9(11)10(12-4)13-8/h6-11H,5H2,1-4H3/t6-,7?,8?,9?,10+/m0/s1. The smallest absolute Gasteiger partial charge is 0.183 e. The monoisotopic (exact) mass is 188 g/mol. The Morgan fingerprint density at radius 1 is 1.31 bits per heavy atom. The van der Waals surface area contributed by atoms with Gasteiger partial charge in [-0.15, -0.1) is 0 Å². The molecule has 0 spiro atoms. The summed E-state index contributed by atoms with van der Waals surface area (Å²) in [5, 5.41) is 9.77. The van der Waals surface area contributed by atoms with E-state index in [9.17, 15) is 5.11 Å². The largest absolute Gasteiger partial charge is 0.388 e. The van der Waals surface area contributed by atoms with E-state index >= 15 is 0 Å². The number of rotatable bonds is 2. The van der Waals surface area contributed by atoms with Crippen LogP contribution in [0.3, 0.4) is 0 Å². The molecule has 0 saturated carbocycles. The van der Waals surface area contributed by atoms with Gasteiger partial charge in [-0.1, -0.05) is 20.8 Å². The summed E-state index contributed by atoms with van der Waals surface area (Å²) in [4.78, 5) is 0. The van der Waals surface area contributed by atoms with Crippen LogP contribution in [-0.2, 0) is 9.47 Å². The molecule has 1 rings (SSSR count). The molecule has 78 valence electrons. The van der Waals surface area contributed by atoms with E-state index in [2.05, 4.69) is 13.8 Å². The second kappa shape index (κ2) is 4.40.